The quantitative estimate of drug-likeness (QED) is 0.156. The van der Waals surface area contributed by atoms with Gasteiger partial charge in [0.1, 0.15) is 5.78 Å². The number of amides is 1. The number of aliphatic carboxylic acids is 1. The van der Waals surface area contributed by atoms with Gasteiger partial charge in [0.25, 0.3) is 0 Å². The Morgan fingerprint density at radius 2 is 1.56 bits per heavy atom. The average molecular weight is 499 g/mol. The third-order valence-electron chi connectivity index (χ3n) is 6.27. The minimum Gasteiger partial charge on any atom is -0.479 e. The van der Waals surface area contributed by atoms with Crippen molar-refractivity contribution < 1.29 is 24.6 Å². The Labute approximate surface area is 217 Å². The molecule has 1 amide bonds. The molecule has 36 heavy (non-hydrogen) atoms. The second-order valence-corrected chi connectivity index (χ2v) is 9.59. The molecule has 6 heteroatoms. The van der Waals surface area contributed by atoms with E-state index in [0.717, 1.165) is 49.7 Å². The highest BCUT2D eigenvalue weighted by molar-refractivity contribution is 5.91. The molecule has 0 aliphatic rings. The van der Waals surface area contributed by atoms with E-state index in [-0.39, 0.29) is 0 Å². The summed E-state index contributed by atoms with van der Waals surface area (Å²) in [6, 6.07) is 7.81. The van der Waals surface area contributed by atoms with Crippen molar-refractivity contribution in [2.24, 2.45) is 5.92 Å². The van der Waals surface area contributed by atoms with E-state index in [0.29, 0.717) is 31.5 Å². The van der Waals surface area contributed by atoms with Gasteiger partial charge in [0, 0.05) is 19.8 Å². The van der Waals surface area contributed by atoms with E-state index in [1.54, 1.807) is 6.08 Å². The molecule has 0 unspecified atom stereocenters. The van der Waals surface area contributed by atoms with Gasteiger partial charge in [0.05, 0.1) is 12.5 Å². The van der Waals surface area contributed by atoms with Crippen LogP contribution < -0.4 is 5.32 Å². The number of carboxylic acids is 1. The van der Waals surface area contributed by atoms with E-state index in [2.05, 4.69) is 12.2 Å². The number of hydrogen-bond donors (Lipinski definition) is 3. The number of carbonyl (C=O) groups excluding carboxylic acids is 2. The Balaban J connectivity index is 2.36. The molecular formula is C30H44NO5. The van der Waals surface area contributed by atoms with Crippen LogP contribution in [-0.4, -0.2) is 33.5 Å². The summed E-state index contributed by atoms with van der Waals surface area (Å²) in [4.78, 5) is 36.0. The number of allylic oxidation sites excluding steroid dienone is 1. The van der Waals surface area contributed by atoms with E-state index >= 15 is 0 Å². The van der Waals surface area contributed by atoms with Gasteiger partial charge in [-0.25, -0.2) is 4.79 Å². The van der Waals surface area contributed by atoms with Gasteiger partial charge in [-0.15, -0.1) is 0 Å². The van der Waals surface area contributed by atoms with Crippen molar-refractivity contribution in [1.82, 2.24) is 5.32 Å². The first-order valence-corrected chi connectivity index (χ1v) is 13.3. The number of Topliss-reactive ketones (excluding diaryl/α,β-unsaturated/α-hetero) is 1. The van der Waals surface area contributed by atoms with Crippen LogP contribution in [0.15, 0.2) is 36.4 Å². The van der Waals surface area contributed by atoms with Crippen LogP contribution in [0.25, 0.3) is 0 Å². The molecule has 0 heterocycles. The molecule has 1 aromatic carbocycles. The first-order valence-electron chi connectivity index (χ1n) is 13.3. The number of carboxylic acid groups (broad SMARTS) is 1. The van der Waals surface area contributed by atoms with Gasteiger partial charge < -0.3 is 15.5 Å². The molecule has 0 fully saturated rings. The summed E-state index contributed by atoms with van der Waals surface area (Å²) in [6.07, 6.45) is 14.8. The minimum atomic E-state index is -2.71. The number of aryl methyl sites for hydroxylation is 1. The first kappa shape index (κ1) is 31.6. The van der Waals surface area contributed by atoms with Crippen LogP contribution in [0, 0.1) is 26.3 Å². The third kappa shape index (κ3) is 13.0. The van der Waals surface area contributed by atoms with Crippen molar-refractivity contribution in [1.29, 1.82) is 0 Å². The number of rotatable bonds is 20. The van der Waals surface area contributed by atoms with Crippen molar-refractivity contribution in [3.05, 3.63) is 61.0 Å². The highest BCUT2D eigenvalue weighted by Crippen LogP contribution is 2.20. The van der Waals surface area contributed by atoms with E-state index in [1.165, 1.54) is 31.9 Å². The smallest absolute Gasteiger partial charge is 0.337 e. The van der Waals surface area contributed by atoms with Gasteiger partial charge in [-0.05, 0) is 44.6 Å². The van der Waals surface area contributed by atoms with E-state index in [4.69, 9.17) is 6.92 Å². The van der Waals surface area contributed by atoms with Gasteiger partial charge in [-0.1, -0.05) is 87.4 Å². The van der Waals surface area contributed by atoms with Crippen LogP contribution in [0.3, 0.4) is 0 Å². The number of hydrogen-bond acceptors (Lipinski definition) is 4. The minimum absolute atomic E-state index is 0.343. The van der Waals surface area contributed by atoms with Crippen LogP contribution in [-0.2, 0) is 20.8 Å². The highest BCUT2D eigenvalue weighted by Gasteiger charge is 2.42. The van der Waals surface area contributed by atoms with Gasteiger partial charge in [-0.2, -0.15) is 0 Å². The number of unbranched alkanes of at least 4 members (excludes halogenated alkanes) is 8. The summed E-state index contributed by atoms with van der Waals surface area (Å²) in [5.74, 6) is -3.44. The predicted molar refractivity (Wildman–Crippen MR) is 143 cm³/mol. The van der Waals surface area contributed by atoms with Gasteiger partial charge >= 0.3 is 5.97 Å². The van der Waals surface area contributed by atoms with Gasteiger partial charge in [0.15, 0.2) is 5.60 Å². The Hall–Kier alpha value is -2.47. The fourth-order valence-corrected chi connectivity index (χ4v) is 3.87. The number of benzene rings is 1. The zero-order valence-electron chi connectivity index (χ0n) is 22.0. The van der Waals surface area contributed by atoms with Gasteiger partial charge in [0.2, 0.25) is 5.91 Å². The topological polar surface area (TPSA) is 104 Å². The molecule has 0 aliphatic heterocycles. The SMILES string of the molecule is [CH][C@@](O)(C(=O)O)[C@H](/C=C/CCCCCCC(=O)CCCCCCC)C(=O)N[CH]Cc1ccc(C)cc1. The number of aliphatic hydroxyl groups is 1. The number of ketones is 1. The van der Waals surface area contributed by atoms with Crippen LogP contribution in [0.4, 0.5) is 0 Å². The summed E-state index contributed by atoms with van der Waals surface area (Å²) in [7, 11) is 0. The summed E-state index contributed by atoms with van der Waals surface area (Å²) < 4.78 is 0. The van der Waals surface area contributed by atoms with E-state index in [1.807, 2.05) is 31.2 Å². The Morgan fingerprint density at radius 1 is 0.972 bits per heavy atom. The lowest BCUT2D eigenvalue weighted by Crippen LogP contribution is -2.49. The molecule has 199 valence electrons. The maximum Gasteiger partial charge on any atom is 0.337 e. The molecule has 0 aromatic heterocycles. The normalized spacial score (nSPS) is 13.9. The molecular weight excluding hydrogens is 454 g/mol. The van der Waals surface area contributed by atoms with E-state index in [9.17, 15) is 24.6 Å². The average Bonchev–Trinajstić information content (AvgIpc) is 2.83. The standard InChI is InChI=1S/C30H44NO5/c1-4-5-6-9-12-15-26(32)16-13-10-7-8-11-14-17-27(30(3,36)29(34)35)28(33)31-23-22-25-20-18-24(2)19-21-25/h3,14,17-21,23,27,36H,4-13,15-16,22H2,1-2H3,(H,31,33)(H,34,35)/b17-14+/t27-,30+/m1/s1. The Kier molecular flexibility index (Phi) is 15.7. The molecule has 1 rings (SSSR count). The second kappa shape index (κ2) is 17.9. The summed E-state index contributed by atoms with van der Waals surface area (Å²) in [6.45, 7) is 11.3. The molecule has 0 saturated heterocycles. The number of nitrogens with one attached hydrogen (secondary N) is 1. The summed E-state index contributed by atoms with van der Waals surface area (Å²) in [5, 5.41) is 22.1. The van der Waals surface area contributed by atoms with Crippen LogP contribution in [0.2, 0.25) is 0 Å². The second-order valence-electron chi connectivity index (χ2n) is 9.59. The highest BCUT2D eigenvalue weighted by atomic mass is 16.4. The molecule has 0 aliphatic carbocycles. The lowest BCUT2D eigenvalue weighted by Gasteiger charge is -2.25. The van der Waals surface area contributed by atoms with Crippen molar-refractivity contribution in [2.45, 2.75) is 103 Å². The zero-order chi connectivity index (χ0) is 26.8. The maximum atomic E-state index is 12.6. The van der Waals surface area contributed by atoms with Crippen molar-refractivity contribution in [3.63, 3.8) is 0 Å². The fraction of sp³-hybridized carbons (Fsp3) is 0.567. The summed E-state index contributed by atoms with van der Waals surface area (Å²) >= 11 is 0. The van der Waals surface area contributed by atoms with Gasteiger partial charge in [-0.3, -0.25) is 9.59 Å². The van der Waals surface area contributed by atoms with Crippen molar-refractivity contribution in [3.8, 4) is 0 Å². The Bertz CT molecular complexity index is 813. The molecule has 3 N–H and O–H groups in total. The van der Waals surface area contributed by atoms with Crippen molar-refractivity contribution in [2.75, 3.05) is 0 Å². The molecule has 2 atom stereocenters. The van der Waals surface area contributed by atoms with Crippen LogP contribution >= 0.6 is 0 Å². The van der Waals surface area contributed by atoms with Crippen molar-refractivity contribution >= 4 is 17.7 Å². The number of carbonyl (C=O) groups is 3. The zero-order valence-corrected chi connectivity index (χ0v) is 22.0. The molecule has 6 nitrogen and oxygen atoms in total. The monoisotopic (exact) mass is 498 g/mol. The molecule has 0 bridgehead atoms. The fourth-order valence-electron chi connectivity index (χ4n) is 3.87. The largest absolute Gasteiger partial charge is 0.479 e. The third-order valence-corrected chi connectivity index (χ3v) is 6.27. The molecule has 3 radical (unpaired) electrons. The lowest BCUT2D eigenvalue weighted by atomic mass is 9.87. The van der Waals surface area contributed by atoms with Crippen LogP contribution in [0.1, 0.15) is 95.1 Å². The van der Waals surface area contributed by atoms with E-state index < -0.39 is 23.4 Å². The predicted octanol–water partition coefficient (Wildman–Crippen LogP) is 5.78. The molecule has 1 aromatic rings. The summed E-state index contributed by atoms with van der Waals surface area (Å²) in [5.41, 5.74) is -0.595. The van der Waals surface area contributed by atoms with Crippen LogP contribution in [0.5, 0.6) is 0 Å². The molecule has 0 saturated carbocycles. The maximum absolute atomic E-state index is 12.6. The first-order chi connectivity index (χ1) is 17.2. The molecule has 0 spiro atoms. The Morgan fingerprint density at radius 3 is 2.14 bits per heavy atom. The lowest BCUT2D eigenvalue weighted by molar-refractivity contribution is -0.160.